The molecule has 8 heteroatoms. The number of nitrogens with one attached hydrogen (secondary N) is 2. The number of rotatable bonds is 2. The van der Waals surface area contributed by atoms with Gasteiger partial charge in [-0.05, 0) is 73.5 Å². The molecule has 32 heavy (non-hydrogen) atoms. The second-order valence-electron chi connectivity index (χ2n) is 8.81. The molecule has 1 aliphatic heterocycles. The van der Waals surface area contributed by atoms with Crippen LogP contribution in [-0.4, -0.2) is 30.2 Å². The molecule has 2 aromatic carbocycles. The van der Waals surface area contributed by atoms with Crippen molar-refractivity contribution in [2.75, 3.05) is 11.9 Å². The van der Waals surface area contributed by atoms with E-state index in [1.165, 1.54) is 43.2 Å². The molecule has 0 radical (unpaired) electrons. The molecule has 0 spiro atoms. The van der Waals surface area contributed by atoms with Crippen LogP contribution in [0.25, 0.3) is 0 Å². The Labute approximate surface area is 190 Å². The van der Waals surface area contributed by atoms with Crippen LogP contribution in [0.4, 0.5) is 24.5 Å². The van der Waals surface area contributed by atoms with Crippen molar-refractivity contribution in [3.63, 3.8) is 0 Å². The highest BCUT2D eigenvalue weighted by Gasteiger charge is 2.51. The van der Waals surface area contributed by atoms with E-state index >= 15 is 0 Å². The second-order valence-corrected chi connectivity index (χ2v) is 9.22. The lowest BCUT2D eigenvalue weighted by molar-refractivity contribution is -0.156. The largest absolute Gasteiger partial charge is 0.506 e. The monoisotopic (exact) mass is 466 g/mol. The number of alkyl halides is 3. The molecule has 4 nitrogen and oxygen atoms in total. The molecule has 1 saturated heterocycles. The van der Waals surface area contributed by atoms with E-state index in [4.69, 9.17) is 16.4 Å². The van der Waals surface area contributed by atoms with Gasteiger partial charge < -0.3 is 15.7 Å². The number of para-hydroxylation sites is 1. The quantitative estimate of drug-likeness (QED) is 0.382. The van der Waals surface area contributed by atoms with E-state index in [2.05, 4.69) is 16.7 Å². The Hall–Kier alpha value is -2.25. The Morgan fingerprint density at radius 3 is 2.62 bits per heavy atom. The van der Waals surface area contributed by atoms with Crippen molar-refractivity contribution in [1.82, 2.24) is 5.32 Å². The summed E-state index contributed by atoms with van der Waals surface area (Å²) in [5.41, 5.74) is 4.63. The smallest absolute Gasteiger partial charge is 0.446 e. The van der Waals surface area contributed by atoms with Crippen LogP contribution in [0.15, 0.2) is 36.4 Å². The number of benzene rings is 2. The maximum Gasteiger partial charge on any atom is 0.446 e. The molecule has 3 aliphatic rings. The van der Waals surface area contributed by atoms with Gasteiger partial charge in [0.05, 0.1) is 16.4 Å². The van der Waals surface area contributed by atoms with Gasteiger partial charge >= 0.3 is 6.18 Å². The number of anilines is 2. The zero-order chi connectivity index (χ0) is 22.9. The summed E-state index contributed by atoms with van der Waals surface area (Å²) in [6, 6.07) is 12.4. The number of carbonyl (C=O) groups excluding carboxylic acids is 1. The number of fused-ring (bicyclic) bond motifs is 1. The number of aromatic hydroxyl groups is 1. The SMILES string of the molecule is O=CC(F)(F)F.Oc1cc2c(cc1Nc1ccccc1Cl)C[C@@H]1NCC[C@]23CCCC[C@H]13. The number of aldehydes is 1. The van der Waals surface area contributed by atoms with Crippen LogP contribution >= 0.6 is 11.6 Å². The predicted octanol–water partition coefficient (Wildman–Crippen LogP) is 5.88. The third kappa shape index (κ3) is 4.46. The number of piperidine rings is 1. The van der Waals surface area contributed by atoms with Gasteiger partial charge in [0, 0.05) is 11.5 Å². The molecule has 5 rings (SSSR count). The lowest BCUT2D eigenvalue weighted by Gasteiger charge is -2.56. The Bertz CT molecular complexity index is 994. The number of carbonyl (C=O) groups is 1. The third-order valence-corrected chi connectivity index (χ3v) is 7.37. The number of halogens is 4. The van der Waals surface area contributed by atoms with Gasteiger partial charge in [-0.2, -0.15) is 13.2 Å². The highest BCUT2D eigenvalue weighted by Crippen LogP contribution is 2.55. The molecule has 2 bridgehead atoms. The molecular formula is C24H26ClF3N2O2. The Kier molecular flexibility index (Phi) is 6.41. The minimum absolute atomic E-state index is 0.266. The summed E-state index contributed by atoms with van der Waals surface area (Å²) in [7, 11) is 0. The Morgan fingerprint density at radius 1 is 1.16 bits per heavy atom. The van der Waals surface area contributed by atoms with Crippen LogP contribution in [0.2, 0.25) is 5.02 Å². The molecule has 1 heterocycles. The van der Waals surface area contributed by atoms with Gasteiger partial charge in [-0.15, -0.1) is 0 Å². The first-order valence-corrected chi connectivity index (χ1v) is 11.3. The summed E-state index contributed by atoms with van der Waals surface area (Å²) in [6.07, 6.45) is 1.78. The van der Waals surface area contributed by atoms with Gasteiger partial charge in [0.2, 0.25) is 6.29 Å². The average molecular weight is 467 g/mol. The summed E-state index contributed by atoms with van der Waals surface area (Å²) in [5.74, 6) is 1.05. The normalized spacial score (nSPS) is 26.1. The van der Waals surface area contributed by atoms with Gasteiger partial charge in [0.1, 0.15) is 5.75 Å². The summed E-state index contributed by atoms with van der Waals surface area (Å²) in [4.78, 5) is 8.70. The molecule has 0 unspecified atom stereocenters. The van der Waals surface area contributed by atoms with Crippen LogP contribution in [-0.2, 0) is 16.6 Å². The lowest BCUT2D eigenvalue weighted by atomic mass is 9.53. The molecule has 1 saturated carbocycles. The lowest BCUT2D eigenvalue weighted by Crippen LogP contribution is -2.59. The van der Waals surface area contributed by atoms with Crippen LogP contribution in [0.1, 0.15) is 43.2 Å². The fraction of sp³-hybridized carbons (Fsp3) is 0.458. The van der Waals surface area contributed by atoms with Crippen molar-refractivity contribution in [2.24, 2.45) is 5.92 Å². The van der Waals surface area contributed by atoms with E-state index in [9.17, 15) is 18.3 Å². The molecule has 0 amide bonds. The first-order valence-electron chi connectivity index (χ1n) is 10.9. The highest BCUT2D eigenvalue weighted by atomic mass is 35.5. The molecule has 0 aromatic heterocycles. The fourth-order valence-electron chi connectivity index (χ4n) is 5.78. The van der Waals surface area contributed by atoms with Crippen LogP contribution in [0.3, 0.4) is 0 Å². The first-order chi connectivity index (χ1) is 15.2. The van der Waals surface area contributed by atoms with Crippen molar-refractivity contribution in [3.8, 4) is 5.75 Å². The topological polar surface area (TPSA) is 61.4 Å². The average Bonchev–Trinajstić information content (AvgIpc) is 2.76. The summed E-state index contributed by atoms with van der Waals surface area (Å²) in [5, 5.41) is 18.5. The van der Waals surface area contributed by atoms with Gasteiger partial charge in [-0.3, -0.25) is 4.79 Å². The van der Waals surface area contributed by atoms with E-state index in [-0.39, 0.29) is 5.41 Å². The van der Waals surface area contributed by atoms with Crippen LogP contribution < -0.4 is 10.6 Å². The van der Waals surface area contributed by atoms with Crippen molar-refractivity contribution in [2.45, 2.75) is 56.2 Å². The number of hydrogen-bond acceptors (Lipinski definition) is 4. The minimum atomic E-state index is -4.64. The fourth-order valence-corrected chi connectivity index (χ4v) is 5.96. The Balaban J connectivity index is 0.000000363. The molecule has 2 fully saturated rings. The van der Waals surface area contributed by atoms with E-state index in [0.717, 1.165) is 30.3 Å². The van der Waals surface area contributed by atoms with E-state index in [1.54, 1.807) is 0 Å². The van der Waals surface area contributed by atoms with Gasteiger partial charge in [-0.1, -0.05) is 36.6 Å². The Morgan fingerprint density at radius 2 is 1.91 bits per heavy atom. The van der Waals surface area contributed by atoms with Crippen molar-refractivity contribution >= 4 is 29.3 Å². The van der Waals surface area contributed by atoms with Crippen LogP contribution in [0.5, 0.6) is 5.75 Å². The summed E-state index contributed by atoms with van der Waals surface area (Å²) >= 11 is 6.28. The maximum absolute atomic E-state index is 10.8. The molecule has 2 aromatic rings. The summed E-state index contributed by atoms with van der Waals surface area (Å²) in [6.45, 7) is 1.10. The van der Waals surface area contributed by atoms with Gasteiger partial charge in [-0.25, -0.2) is 0 Å². The minimum Gasteiger partial charge on any atom is -0.506 e. The zero-order valence-corrected chi connectivity index (χ0v) is 18.3. The standard InChI is InChI=1S/C22H25ClN2O.C2HF3O/c23-17-6-1-2-7-18(17)25-20-12-14-11-19-15-5-3-4-8-22(15,9-10-24-19)16(14)13-21(20)26;3-2(4,5)1-6/h1-2,6-7,12-13,15,19,24-26H,3-5,8-11H2;1H/t15-,19+,22+;/m1./s1. The molecule has 3 N–H and O–H groups in total. The number of phenolic OH excluding ortho intramolecular Hbond substituents is 1. The third-order valence-electron chi connectivity index (χ3n) is 7.04. The maximum atomic E-state index is 10.8. The van der Waals surface area contributed by atoms with Crippen molar-refractivity contribution in [3.05, 3.63) is 52.5 Å². The van der Waals surface area contributed by atoms with Crippen LogP contribution in [0, 0.1) is 5.92 Å². The molecule has 3 atom stereocenters. The van der Waals surface area contributed by atoms with E-state index < -0.39 is 12.5 Å². The van der Waals surface area contributed by atoms with E-state index in [1.807, 2.05) is 30.3 Å². The van der Waals surface area contributed by atoms with Gasteiger partial charge in [0.25, 0.3) is 0 Å². The number of phenols is 1. The predicted molar refractivity (Wildman–Crippen MR) is 119 cm³/mol. The second kappa shape index (κ2) is 8.94. The molecule has 172 valence electrons. The summed E-state index contributed by atoms with van der Waals surface area (Å²) < 4.78 is 31.2. The molecular weight excluding hydrogens is 441 g/mol. The number of hydrogen-bond donors (Lipinski definition) is 3. The van der Waals surface area contributed by atoms with E-state index in [0.29, 0.717) is 16.8 Å². The molecule has 2 aliphatic carbocycles. The van der Waals surface area contributed by atoms with Crippen molar-refractivity contribution < 1.29 is 23.1 Å². The zero-order valence-electron chi connectivity index (χ0n) is 17.5. The van der Waals surface area contributed by atoms with Crippen molar-refractivity contribution in [1.29, 1.82) is 0 Å². The highest BCUT2D eigenvalue weighted by molar-refractivity contribution is 6.33. The van der Waals surface area contributed by atoms with Gasteiger partial charge in [0.15, 0.2) is 0 Å². The first kappa shape index (κ1) is 22.9.